The topological polar surface area (TPSA) is 69.6 Å². The first-order valence-electron chi connectivity index (χ1n) is 8.69. The maximum absolute atomic E-state index is 12.5. The summed E-state index contributed by atoms with van der Waals surface area (Å²) in [6.45, 7) is 3.32. The second-order valence-electron chi connectivity index (χ2n) is 7.06. The van der Waals surface area contributed by atoms with E-state index in [4.69, 9.17) is 0 Å². The Morgan fingerprint density at radius 2 is 1.92 bits per heavy atom. The fourth-order valence-corrected chi connectivity index (χ4v) is 3.86. The van der Waals surface area contributed by atoms with Crippen molar-refractivity contribution in [3.63, 3.8) is 0 Å². The Labute approximate surface area is 147 Å². The summed E-state index contributed by atoms with van der Waals surface area (Å²) < 4.78 is 0. The SMILES string of the molecule is O=C(c1cncnc1)N1CCC(O)(CN2CCc3ccccc3C2)C1. The van der Waals surface area contributed by atoms with Gasteiger partial charge in [-0.3, -0.25) is 9.69 Å². The van der Waals surface area contributed by atoms with E-state index < -0.39 is 5.60 Å². The summed E-state index contributed by atoms with van der Waals surface area (Å²) in [5.74, 6) is -0.111. The first-order chi connectivity index (χ1) is 12.1. The number of amides is 1. The molecule has 6 nitrogen and oxygen atoms in total. The lowest BCUT2D eigenvalue weighted by Gasteiger charge is -2.34. The van der Waals surface area contributed by atoms with E-state index in [9.17, 15) is 9.90 Å². The Morgan fingerprint density at radius 1 is 1.16 bits per heavy atom. The molecule has 1 aromatic carbocycles. The molecule has 1 atom stereocenters. The average Bonchev–Trinajstić information content (AvgIpc) is 3.03. The zero-order valence-corrected chi connectivity index (χ0v) is 14.1. The van der Waals surface area contributed by atoms with Crippen LogP contribution in [0.4, 0.5) is 0 Å². The maximum Gasteiger partial charge on any atom is 0.257 e. The number of rotatable bonds is 3. The molecule has 6 heteroatoms. The van der Waals surface area contributed by atoms with Gasteiger partial charge in [-0.2, -0.15) is 0 Å². The van der Waals surface area contributed by atoms with E-state index >= 15 is 0 Å². The fraction of sp³-hybridized carbons (Fsp3) is 0.421. The molecular formula is C19H22N4O2. The zero-order chi connectivity index (χ0) is 17.3. The monoisotopic (exact) mass is 338 g/mol. The van der Waals surface area contributed by atoms with Crippen LogP contribution in [0.15, 0.2) is 43.0 Å². The van der Waals surface area contributed by atoms with Gasteiger partial charge in [0.15, 0.2) is 0 Å². The highest BCUT2D eigenvalue weighted by Crippen LogP contribution is 2.26. The molecule has 130 valence electrons. The Morgan fingerprint density at radius 3 is 2.72 bits per heavy atom. The third kappa shape index (κ3) is 3.41. The number of benzene rings is 1. The number of hydrogen-bond acceptors (Lipinski definition) is 5. The smallest absolute Gasteiger partial charge is 0.257 e. The van der Waals surface area contributed by atoms with Crippen LogP contribution in [0.3, 0.4) is 0 Å². The minimum Gasteiger partial charge on any atom is -0.387 e. The standard InChI is InChI=1S/C19H22N4O2/c24-18(17-9-20-14-21-10-17)23-8-6-19(25,13-23)12-22-7-5-15-3-1-2-4-16(15)11-22/h1-4,9-10,14,25H,5-8,11-13H2. The fourth-order valence-electron chi connectivity index (χ4n) is 3.86. The van der Waals surface area contributed by atoms with Gasteiger partial charge in [-0.1, -0.05) is 24.3 Å². The van der Waals surface area contributed by atoms with Crippen LogP contribution >= 0.6 is 0 Å². The minimum atomic E-state index is -0.850. The molecule has 4 rings (SSSR count). The van der Waals surface area contributed by atoms with E-state index in [1.54, 1.807) is 4.90 Å². The second kappa shape index (κ2) is 6.54. The quantitative estimate of drug-likeness (QED) is 0.908. The predicted octanol–water partition coefficient (Wildman–Crippen LogP) is 1.11. The molecule has 1 fully saturated rings. The van der Waals surface area contributed by atoms with Crippen molar-refractivity contribution in [2.45, 2.75) is 25.0 Å². The van der Waals surface area contributed by atoms with Crippen LogP contribution in [0.1, 0.15) is 27.9 Å². The number of carbonyl (C=O) groups is 1. The molecule has 3 heterocycles. The van der Waals surface area contributed by atoms with Crippen molar-refractivity contribution in [3.05, 3.63) is 59.7 Å². The summed E-state index contributed by atoms with van der Waals surface area (Å²) in [6.07, 6.45) is 6.06. The normalized spacial score (nSPS) is 23.5. The van der Waals surface area contributed by atoms with Gasteiger partial charge in [0, 0.05) is 38.6 Å². The molecule has 2 aliphatic heterocycles. The Hall–Kier alpha value is -2.31. The molecule has 2 aromatic rings. The third-order valence-electron chi connectivity index (χ3n) is 5.15. The van der Waals surface area contributed by atoms with Gasteiger partial charge in [0.1, 0.15) is 6.33 Å². The molecule has 2 aliphatic rings. The molecular weight excluding hydrogens is 316 g/mol. The summed E-state index contributed by atoms with van der Waals surface area (Å²) in [5, 5.41) is 11.0. The van der Waals surface area contributed by atoms with E-state index in [0.717, 1.165) is 19.5 Å². The largest absolute Gasteiger partial charge is 0.387 e. The van der Waals surface area contributed by atoms with Crippen molar-refractivity contribution in [1.82, 2.24) is 19.8 Å². The first kappa shape index (κ1) is 16.2. The van der Waals surface area contributed by atoms with Gasteiger partial charge in [0.05, 0.1) is 17.7 Å². The van der Waals surface area contributed by atoms with Crippen molar-refractivity contribution in [3.8, 4) is 0 Å². The summed E-state index contributed by atoms with van der Waals surface area (Å²) in [7, 11) is 0. The van der Waals surface area contributed by atoms with Crippen LogP contribution in [0.2, 0.25) is 0 Å². The van der Waals surface area contributed by atoms with Gasteiger partial charge < -0.3 is 10.0 Å². The van der Waals surface area contributed by atoms with Gasteiger partial charge >= 0.3 is 0 Å². The van der Waals surface area contributed by atoms with Crippen LogP contribution in [-0.4, -0.2) is 62.6 Å². The van der Waals surface area contributed by atoms with Gasteiger partial charge in [-0.15, -0.1) is 0 Å². The molecule has 1 saturated heterocycles. The number of likely N-dealkylation sites (tertiary alicyclic amines) is 1. The van der Waals surface area contributed by atoms with Gasteiger partial charge in [0.25, 0.3) is 5.91 Å². The number of aliphatic hydroxyl groups is 1. The van der Waals surface area contributed by atoms with Crippen molar-refractivity contribution in [2.24, 2.45) is 0 Å². The van der Waals surface area contributed by atoms with Crippen LogP contribution in [-0.2, 0) is 13.0 Å². The van der Waals surface area contributed by atoms with Gasteiger partial charge in [-0.05, 0) is 24.0 Å². The molecule has 1 unspecified atom stereocenters. The lowest BCUT2D eigenvalue weighted by molar-refractivity contribution is 0.00804. The van der Waals surface area contributed by atoms with E-state index in [1.807, 2.05) is 0 Å². The van der Waals surface area contributed by atoms with Crippen molar-refractivity contribution in [1.29, 1.82) is 0 Å². The molecule has 1 aromatic heterocycles. The molecule has 0 aliphatic carbocycles. The third-order valence-corrected chi connectivity index (χ3v) is 5.15. The number of hydrogen-bond donors (Lipinski definition) is 1. The van der Waals surface area contributed by atoms with Gasteiger partial charge in [0.2, 0.25) is 0 Å². The van der Waals surface area contributed by atoms with Crippen LogP contribution in [0.5, 0.6) is 0 Å². The molecule has 0 saturated carbocycles. The molecule has 0 radical (unpaired) electrons. The summed E-state index contributed by atoms with van der Waals surface area (Å²) in [4.78, 5) is 24.3. The van der Waals surface area contributed by atoms with E-state index in [0.29, 0.717) is 31.6 Å². The van der Waals surface area contributed by atoms with Crippen LogP contribution < -0.4 is 0 Å². The molecule has 1 amide bonds. The highest BCUT2D eigenvalue weighted by Gasteiger charge is 2.40. The van der Waals surface area contributed by atoms with Crippen LogP contribution in [0, 0.1) is 0 Å². The van der Waals surface area contributed by atoms with Crippen molar-refractivity contribution >= 4 is 5.91 Å². The molecule has 0 bridgehead atoms. The van der Waals surface area contributed by atoms with E-state index in [2.05, 4.69) is 39.1 Å². The summed E-state index contributed by atoms with van der Waals surface area (Å²) in [5.41, 5.74) is 2.36. The number of β-amino-alcohol motifs (C(OH)–C–C–N with tert-alkyl or cyclic N) is 1. The second-order valence-corrected chi connectivity index (χ2v) is 7.06. The first-order valence-corrected chi connectivity index (χ1v) is 8.69. The lowest BCUT2D eigenvalue weighted by atomic mass is 9.97. The average molecular weight is 338 g/mol. The summed E-state index contributed by atoms with van der Waals surface area (Å²) in [6, 6.07) is 8.48. The number of carbonyl (C=O) groups excluding carboxylic acids is 1. The molecule has 1 N–H and O–H groups in total. The van der Waals surface area contributed by atoms with E-state index in [1.165, 1.54) is 29.8 Å². The van der Waals surface area contributed by atoms with Crippen molar-refractivity contribution in [2.75, 3.05) is 26.2 Å². The number of fused-ring (bicyclic) bond motifs is 1. The Kier molecular flexibility index (Phi) is 4.23. The molecule has 0 spiro atoms. The highest BCUT2D eigenvalue weighted by atomic mass is 16.3. The van der Waals surface area contributed by atoms with E-state index in [-0.39, 0.29) is 5.91 Å². The maximum atomic E-state index is 12.5. The van der Waals surface area contributed by atoms with Crippen molar-refractivity contribution < 1.29 is 9.90 Å². The summed E-state index contributed by atoms with van der Waals surface area (Å²) >= 11 is 0. The lowest BCUT2D eigenvalue weighted by Crippen LogP contribution is -2.47. The predicted molar refractivity (Wildman–Crippen MR) is 92.9 cm³/mol. The number of nitrogens with zero attached hydrogens (tertiary/aromatic N) is 4. The Bertz CT molecular complexity index is 767. The highest BCUT2D eigenvalue weighted by molar-refractivity contribution is 5.93. The zero-order valence-electron chi connectivity index (χ0n) is 14.1. The van der Waals surface area contributed by atoms with Gasteiger partial charge in [-0.25, -0.2) is 9.97 Å². The number of aromatic nitrogens is 2. The molecule has 25 heavy (non-hydrogen) atoms. The Balaban J connectivity index is 1.40. The minimum absolute atomic E-state index is 0.111. The van der Waals surface area contributed by atoms with Crippen LogP contribution in [0.25, 0.3) is 0 Å².